The highest BCUT2D eigenvalue weighted by atomic mass is 32.1. The van der Waals surface area contributed by atoms with Crippen LogP contribution in [0.15, 0.2) is 29.1 Å². The first kappa shape index (κ1) is 21.2. The van der Waals surface area contributed by atoms with Crippen LogP contribution in [0.5, 0.6) is 0 Å². The molecule has 2 N–H and O–H groups in total. The average Bonchev–Trinajstić information content (AvgIpc) is 3.03. The number of aryl methyl sites for hydroxylation is 2. The topological polar surface area (TPSA) is 127 Å². The number of thiophene rings is 1. The second-order valence-corrected chi connectivity index (χ2v) is 7.31. The minimum Gasteiger partial charge on any atom is -0.462 e. The first-order chi connectivity index (χ1) is 14.3. The highest BCUT2D eigenvalue weighted by Crippen LogP contribution is 2.27. The summed E-state index contributed by atoms with van der Waals surface area (Å²) >= 11 is 1.04. The van der Waals surface area contributed by atoms with Crippen LogP contribution in [0.3, 0.4) is 0 Å². The Bertz CT molecular complexity index is 1180. The van der Waals surface area contributed by atoms with Gasteiger partial charge in [-0.1, -0.05) is 0 Å². The summed E-state index contributed by atoms with van der Waals surface area (Å²) in [5, 5.41) is 2.91. The molecular weight excluding hydrogens is 410 g/mol. The molecule has 0 unspecified atom stereocenters. The lowest BCUT2D eigenvalue weighted by atomic mass is 10.2. The molecule has 9 nitrogen and oxygen atoms in total. The molecule has 0 spiro atoms. The Morgan fingerprint density at radius 2 is 1.80 bits per heavy atom. The smallest absolute Gasteiger partial charge is 0.349 e. The molecule has 0 saturated heterocycles. The third kappa shape index (κ3) is 4.54. The summed E-state index contributed by atoms with van der Waals surface area (Å²) < 4.78 is 9.97. The van der Waals surface area contributed by atoms with E-state index in [1.807, 2.05) is 0 Å². The van der Waals surface area contributed by atoms with Crippen molar-refractivity contribution < 1.29 is 23.9 Å². The van der Waals surface area contributed by atoms with Gasteiger partial charge in [0.2, 0.25) is 0 Å². The Hall–Kier alpha value is -3.53. The van der Waals surface area contributed by atoms with Crippen LogP contribution in [0.1, 0.15) is 38.3 Å². The number of aromatic nitrogens is 2. The number of rotatable bonds is 6. The molecule has 0 aliphatic rings. The summed E-state index contributed by atoms with van der Waals surface area (Å²) in [4.78, 5) is 55.7. The van der Waals surface area contributed by atoms with Gasteiger partial charge in [0.15, 0.2) is 6.61 Å². The molecule has 0 radical (unpaired) electrons. The van der Waals surface area contributed by atoms with Crippen molar-refractivity contribution >= 4 is 45.1 Å². The number of aromatic amines is 1. The van der Waals surface area contributed by atoms with E-state index in [1.54, 1.807) is 32.9 Å². The van der Waals surface area contributed by atoms with Crippen LogP contribution in [0.2, 0.25) is 0 Å². The van der Waals surface area contributed by atoms with Gasteiger partial charge in [-0.2, -0.15) is 0 Å². The first-order valence-corrected chi connectivity index (χ1v) is 9.86. The molecule has 0 aliphatic heterocycles. The summed E-state index contributed by atoms with van der Waals surface area (Å²) in [5.74, 6) is -1.26. The van der Waals surface area contributed by atoms with Crippen molar-refractivity contribution in [2.45, 2.75) is 20.8 Å². The molecule has 3 aromatic rings. The van der Waals surface area contributed by atoms with E-state index >= 15 is 0 Å². The Balaban J connectivity index is 1.62. The van der Waals surface area contributed by atoms with Gasteiger partial charge < -0.3 is 19.8 Å². The number of anilines is 1. The molecule has 0 fully saturated rings. The lowest BCUT2D eigenvalue weighted by Gasteiger charge is -2.07. The first-order valence-electron chi connectivity index (χ1n) is 9.04. The van der Waals surface area contributed by atoms with E-state index in [2.05, 4.69) is 15.3 Å². The number of nitrogens with zero attached hydrogens (tertiary/aromatic N) is 1. The van der Waals surface area contributed by atoms with E-state index in [0.29, 0.717) is 32.9 Å². The second kappa shape index (κ2) is 8.87. The number of benzene rings is 1. The van der Waals surface area contributed by atoms with Gasteiger partial charge >= 0.3 is 11.9 Å². The molecule has 0 aliphatic carbocycles. The van der Waals surface area contributed by atoms with Crippen LogP contribution in [0.25, 0.3) is 10.2 Å². The summed E-state index contributed by atoms with van der Waals surface area (Å²) in [7, 11) is 0. The molecule has 156 valence electrons. The Morgan fingerprint density at radius 1 is 1.10 bits per heavy atom. The van der Waals surface area contributed by atoms with Crippen molar-refractivity contribution in [2.75, 3.05) is 18.5 Å². The fourth-order valence-corrected chi connectivity index (χ4v) is 3.87. The normalized spacial score (nSPS) is 10.6. The maximum absolute atomic E-state index is 12.4. The summed E-state index contributed by atoms with van der Waals surface area (Å²) in [6.07, 6.45) is 0. The van der Waals surface area contributed by atoms with Crippen LogP contribution in [0, 0.1) is 13.8 Å². The molecule has 0 saturated carbocycles. The number of ether oxygens (including phenoxy) is 2. The monoisotopic (exact) mass is 429 g/mol. The van der Waals surface area contributed by atoms with Gasteiger partial charge in [0.25, 0.3) is 11.5 Å². The van der Waals surface area contributed by atoms with E-state index in [1.165, 1.54) is 12.1 Å². The van der Waals surface area contributed by atoms with E-state index < -0.39 is 24.5 Å². The molecule has 2 aromatic heterocycles. The van der Waals surface area contributed by atoms with E-state index in [4.69, 9.17) is 9.47 Å². The van der Waals surface area contributed by atoms with Crippen LogP contribution >= 0.6 is 11.3 Å². The number of fused-ring (bicyclic) bond motifs is 1. The summed E-state index contributed by atoms with van der Waals surface area (Å²) in [5.41, 5.74) is 0.937. The lowest BCUT2D eigenvalue weighted by Crippen LogP contribution is -2.21. The lowest BCUT2D eigenvalue weighted by molar-refractivity contribution is -0.119. The molecular formula is C20H19N3O6S. The van der Waals surface area contributed by atoms with Crippen molar-refractivity contribution in [3.8, 4) is 0 Å². The predicted octanol–water partition coefficient (Wildman–Crippen LogP) is 2.57. The van der Waals surface area contributed by atoms with Gasteiger partial charge in [-0.3, -0.25) is 9.59 Å². The average molecular weight is 429 g/mol. The molecule has 3 rings (SSSR count). The summed E-state index contributed by atoms with van der Waals surface area (Å²) in [6, 6.07) is 6.13. The quantitative estimate of drug-likeness (QED) is 0.577. The van der Waals surface area contributed by atoms with Gasteiger partial charge in [0, 0.05) is 5.69 Å². The van der Waals surface area contributed by atoms with Crippen molar-refractivity contribution in [3.05, 3.63) is 56.4 Å². The predicted molar refractivity (Wildman–Crippen MR) is 111 cm³/mol. The highest BCUT2D eigenvalue weighted by Gasteiger charge is 2.21. The standard InChI is InChI=1S/C20H19N3O6S/c1-4-28-19(26)12-5-7-13(8-6-12)23-14(24)9-29-20(27)16-10(2)15-17(25)21-11(3)22-18(15)30-16/h5-8H,4,9H2,1-3H3,(H,23,24)(H,21,22,25). The maximum atomic E-state index is 12.4. The number of carbonyl (C=O) groups is 3. The molecule has 30 heavy (non-hydrogen) atoms. The fourth-order valence-electron chi connectivity index (χ4n) is 2.74. The molecule has 0 bridgehead atoms. The Morgan fingerprint density at radius 3 is 2.47 bits per heavy atom. The number of H-pyrrole nitrogens is 1. The zero-order valence-corrected chi connectivity index (χ0v) is 17.3. The maximum Gasteiger partial charge on any atom is 0.349 e. The number of carbonyl (C=O) groups excluding carboxylic acids is 3. The largest absolute Gasteiger partial charge is 0.462 e. The van der Waals surface area contributed by atoms with Crippen molar-refractivity contribution in [1.82, 2.24) is 9.97 Å². The highest BCUT2D eigenvalue weighted by molar-refractivity contribution is 7.20. The van der Waals surface area contributed by atoms with Crippen molar-refractivity contribution in [2.24, 2.45) is 0 Å². The van der Waals surface area contributed by atoms with Crippen LogP contribution in [0.4, 0.5) is 5.69 Å². The number of esters is 2. The van der Waals surface area contributed by atoms with Gasteiger partial charge in [0.05, 0.1) is 17.6 Å². The zero-order chi connectivity index (χ0) is 21.8. The number of hydrogen-bond acceptors (Lipinski definition) is 8. The third-order valence-electron chi connectivity index (χ3n) is 4.12. The Labute approximate surface area is 175 Å². The zero-order valence-electron chi connectivity index (χ0n) is 16.5. The summed E-state index contributed by atoms with van der Waals surface area (Å²) in [6.45, 7) is 4.76. The van der Waals surface area contributed by atoms with Crippen molar-refractivity contribution in [1.29, 1.82) is 0 Å². The van der Waals surface area contributed by atoms with Crippen molar-refractivity contribution in [3.63, 3.8) is 0 Å². The van der Waals surface area contributed by atoms with Crippen LogP contribution in [-0.2, 0) is 14.3 Å². The van der Waals surface area contributed by atoms with E-state index in [0.717, 1.165) is 11.3 Å². The molecule has 2 heterocycles. The van der Waals surface area contributed by atoms with Gasteiger partial charge in [-0.15, -0.1) is 11.3 Å². The van der Waals surface area contributed by atoms with E-state index in [9.17, 15) is 19.2 Å². The molecule has 1 aromatic carbocycles. The number of amides is 1. The number of hydrogen-bond donors (Lipinski definition) is 2. The fraction of sp³-hybridized carbons (Fsp3) is 0.250. The van der Waals surface area contributed by atoms with Gasteiger partial charge in [0.1, 0.15) is 15.5 Å². The Kier molecular flexibility index (Phi) is 6.26. The minimum absolute atomic E-state index is 0.222. The van der Waals surface area contributed by atoms with Crippen LogP contribution in [-0.4, -0.2) is 41.0 Å². The SMILES string of the molecule is CCOC(=O)c1ccc(NC(=O)COC(=O)c2sc3nc(C)[nH]c(=O)c3c2C)cc1. The molecule has 10 heteroatoms. The number of nitrogens with one attached hydrogen (secondary N) is 2. The van der Waals surface area contributed by atoms with Crippen LogP contribution < -0.4 is 10.9 Å². The third-order valence-corrected chi connectivity index (χ3v) is 5.28. The van der Waals surface area contributed by atoms with E-state index in [-0.39, 0.29) is 17.0 Å². The van der Waals surface area contributed by atoms with Gasteiger partial charge in [-0.25, -0.2) is 14.6 Å². The minimum atomic E-state index is -0.708. The molecule has 0 atom stereocenters. The molecule has 1 amide bonds. The van der Waals surface area contributed by atoms with Gasteiger partial charge in [-0.05, 0) is 50.6 Å². The second-order valence-electron chi connectivity index (χ2n) is 6.31.